The molecule has 4 heterocycles. The maximum Gasteiger partial charge on any atom is 0.167 e. The summed E-state index contributed by atoms with van der Waals surface area (Å²) in [6.07, 6.45) is 0. The van der Waals surface area contributed by atoms with Gasteiger partial charge in [0, 0.05) is 58.5 Å². The number of furan rings is 1. The summed E-state index contributed by atoms with van der Waals surface area (Å²) in [5, 5.41) is 6.81. The zero-order valence-electron chi connectivity index (χ0n) is 33.7. The van der Waals surface area contributed by atoms with Gasteiger partial charge in [0.2, 0.25) is 0 Å². The highest BCUT2D eigenvalue weighted by Crippen LogP contribution is 2.45. The van der Waals surface area contributed by atoms with E-state index in [0.717, 1.165) is 76.7 Å². The molecule has 0 fully saturated rings. The summed E-state index contributed by atoms with van der Waals surface area (Å²) in [6, 6.07) is 72.6. The molecule has 0 amide bonds. The van der Waals surface area contributed by atoms with E-state index in [0.29, 0.717) is 17.5 Å². The maximum absolute atomic E-state index is 7.06. The van der Waals surface area contributed by atoms with Crippen molar-refractivity contribution < 1.29 is 4.42 Å². The van der Waals surface area contributed by atoms with E-state index >= 15 is 0 Å². The van der Waals surface area contributed by atoms with Crippen LogP contribution in [0.3, 0.4) is 0 Å². The van der Waals surface area contributed by atoms with Gasteiger partial charge in [-0.3, -0.25) is 0 Å². The number of aromatic nitrogens is 4. The number of hydrogen-bond acceptors (Lipinski definition) is 5. The molecule has 0 radical (unpaired) electrons. The summed E-state index contributed by atoms with van der Waals surface area (Å²) in [5.74, 6) is 1.75. The van der Waals surface area contributed by atoms with E-state index in [-0.39, 0.29) is 0 Å². The molecule has 0 bridgehead atoms. The van der Waals surface area contributed by atoms with Crippen LogP contribution in [0.2, 0.25) is 0 Å². The number of thiophene rings is 1. The molecule has 13 rings (SSSR count). The van der Waals surface area contributed by atoms with Crippen molar-refractivity contribution in [1.29, 1.82) is 0 Å². The van der Waals surface area contributed by atoms with Crippen LogP contribution in [0.5, 0.6) is 0 Å². The lowest BCUT2D eigenvalue weighted by molar-refractivity contribution is 0.669. The van der Waals surface area contributed by atoms with E-state index in [1.807, 2.05) is 18.2 Å². The molecule has 0 aliphatic carbocycles. The molecule has 63 heavy (non-hydrogen) atoms. The first-order valence-corrected chi connectivity index (χ1v) is 21.9. The van der Waals surface area contributed by atoms with Crippen LogP contribution in [0, 0.1) is 0 Å². The van der Waals surface area contributed by atoms with Crippen LogP contribution < -0.4 is 0 Å². The first-order valence-electron chi connectivity index (χ1n) is 21.1. The normalized spacial score (nSPS) is 11.8. The minimum absolute atomic E-state index is 0.538. The zero-order valence-corrected chi connectivity index (χ0v) is 34.6. The summed E-state index contributed by atoms with van der Waals surface area (Å²) in [5.41, 5.74) is 11.9. The highest BCUT2D eigenvalue weighted by molar-refractivity contribution is 7.26. The highest BCUT2D eigenvalue weighted by Gasteiger charge is 2.24. The lowest BCUT2D eigenvalue weighted by Crippen LogP contribution is -2.01. The number of rotatable bonds is 6. The lowest BCUT2D eigenvalue weighted by atomic mass is 9.95. The Kier molecular flexibility index (Phi) is 8.01. The van der Waals surface area contributed by atoms with E-state index in [1.165, 1.54) is 31.8 Å². The molecule has 6 heteroatoms. The second kappa shape index (κ2) is 14.2. The number of benzene rings is 9. The average molecular weight is 823 g/mol. The molecule has 5 nitrogen and oxygen atoms in total. The van der Waals surface area contributed by atoms with Gasteiger partial charge in [-0.05, 0) is 70.8 Å². The van der Waals surface area contributed by atoms with E-state index in [9.17, 15) is 0 Å². The predicted octanol–water partition coefficient (Wildman–Crippen LogP) is 15.6. The van der Waals surface area contributed by atoms with E-state index in [2.05, 4.69) is 193 Å². The second-order valence-electron chi connectivity index (χ2n) is 15.9. The zero-order chi connectivity index (χ0) is 41.4. The molecule has 0 saturated heterocycles. The van der Waals surface area contributed by atoms with Crippen LogP contribution in [-0.4, -0.2) is 19.5 Å². The number of nitrogens with zero attached hydrogens (tertiary/aromatic N) is 4. The molecule has 0 N–H and O–H groups in total. The summed E-state index contributed by atoms with van der Waals surface area (Å²) < 4.78 is 11.8. The molecule has 294 valence electrons. The van der Waals surface area contributed by atoms with E-state index in [1.54, 1.807) is 11.3 Å². The van der Waals surface area contributed by atoms with Gasteiger partial charge in [0.1, 0.15) is 11.2 Å². The van der Waals surface area contributed by atoms with Crippen molar-refractivity contribution in [3.05, 3.63) is 206 Å². The molecule has 0 spiro atoms. The summed E-state index contributed by atoms with van der Waals surface area (Å²) in [4.78, 5) is 16.0. The molecule has 0 atom stereocenters. The molecule has 9 aromatic carbocycles. The van der Waals surface area contributed by atoms with Gasteiger partial charge in [-0.25, -0.2) is 15.0 Å². The van der Waals surface area contributed by atoms with Gasteiger partial charge in [-0.15, -0.1) is 11.3 Å². The Bertz CT molecular complexity index is 3870. The first-order chi connectivity index (χ1) is 31.2. The van der Waals surface area contributed by atoms with Gasteiger partial charge in [-0.1, -0.05) is 158 Å². The van der Waals surface area contributed by atoms with Gasteiger partial charge in [0.05, 0.1) is 16.6 Å². The smallest absolute Gasteiger partial charge is 0.167 e. The number of fused-ring (bicyclic) bond motifs is 9. The summed E-state index contributed by atoms with van der Waals surface area (Å²) in [7, 11) is 0. The van der Waals surface area contributed by atoms with Gasteiger partial charge in [0.15, 0.2) is 17.5 Å². The van der Waals surface area contributed by atoms with Crippen molar-refractivity contribution in [3.8, 4) is 62.1 Å². The SMILES string of the molecule is c1ccc(-c2cccc(-c3cccc4oc5c(-c6nc(-c7ccccc7)nc(-c7cccc8c7sc7ccccc78)n6)cc(-n6c7ccccc7c7ccccc76)cc5c34)c2)cc1. The molecule has 0 saturated carbocycles. The van der Waals surface area contributed by atoms with Crippen molar-refractivity contribution in [1.82, 2.24) is 19.5 Å². The van der Waals surface area contributed by atoms with Crippen LogP contribution >= 0.6 is 11.3 Å². The minimum atomic E-state index is 0.538. The molecular weight excluding hydrogens is 789 g/mol. The largest absolute Gasteiger partial charge is 0.455 e. The Morgan fingerprint density at radius 1 is 0.381 bits per heavy atom. The summed E-state index contributed by atoms with van der Waals surface area (Å²) >= 11 is 1.77. The molecule has 13 aromatic rings. The van der Waals surface area contributed by atoms with E-state index in [4.69, 9.17) is 19.4 Å². The third kappa shape index (κ3) is 5.73. The Balaban J connectivity index is 1.13. The van der Waals surface area contributed by atoms with Gasteiger partial charge in [0.25, 0.3) is 0 Å². The van der Waals surface area contributed by atoms with Crippen LogP contribution in [0.4, 0.5) is 0 Å². The van der Waals surface area contributed by atoms with Gasteiger partial charge >= 0.3 is 0 Å². The number of hydrogen-bond donors (Lipinski definition) is 0. The molecule has 0 unspecified atom stereocenters. The van der Waals surface area contributed by atoms with Gasteiger partial charge < -0.3 is 8.98 Å². The van der Waals surface area contributed by atoms with Crippen molar-refractivity contribution in [2.75, 3.05) is 0 Å². The fourth-order valence-corrected chi connectivity index (χ4v) is 10.6. The fourth-order valence-electron chi connectivity index (χ4n) is 9.40. The monoisotopic (exact) mass is 822 g/mol. The molecule has 0 aliphatic heterocycles. The maximum atomic E-state index is 7.06. The highest BCUT2D eigenvalue weighted by atomic mass is 32.1. The lowest BCUT2D eigenvalue weighted by Gasteiger charge is -2.13. The first kappa shape index (κ1) is 35.6. The quantitative estimate of drug-likeness (QED) is 0.168. The third-order valence-corrected chi connectivity index (χ3v) is 13.5. The second-order valence-corrected chi connectivity index (χ2v) is 17.0. The van der Waals surface area contributed by atoms with Crippen LogP contribution in [0.25, 0.3) is 126 Å². The van der Waals surface area contributed by atoms with Crippen molar-refractivity contribution in [3.63, 3.8) is 0 Å². The van der Waals surface area contributed by atoms with Gasteiger partial charge in [-0.2, -0.15) is 0 Å². The average Bonchev–Trinajstić information content (AvgIpc) is 4.04. The fraction of sp³-hybridized carbons (Fsp3) is 0. The van der Waals surface area contributed by atoms with Crippen LogP contribution in [0.1, 0.15) is 0 Å². The molecular formula is C57H34N4OS. The Hall–Kier alpha value is -8.19. The standard InChI is InChI=1S/C57H34N4OS/c1-3-16-35(17-4-1)37-20-13-21-38(32-37)40-25-15-30-50-52(40)46-33-39(61-48-28-10-7-22-41(48)42-23-8-11-29-49(42)61)34-47(53(46)62-50)57-59-55(36-18-5-2-6-19-36)58-56(60-57)45-27-14-26-44-43-24-9-12-31-51(43)63-54(44)45/h1-34H. The van der Waals surface area contributed by atoms with E-state index < -0.39 is 0 Å². The Labute approximate surface area is 365 Å². The summed E-state index contributed by atoms with van der Waals surface area (Å²) in [6.45, 7) is 0. The Morgan fingerprint density at radius 2 is 0.952 bits per heavy atom. The Morgan fingerprint density at radius 3 is 1.73 bits per heavy atom. The van der Waals surface area contributed by atoms with Crippen LogP contribution in [-0.2, 0) is 0 Å². The third-order valence-electron chi connectivity index (χ3n) is 12.3. The topological polar surface area (TPSA) is 56.7 Å². The van der Waals surface area contributed by atoms with Crippen LogP contribution in [0.15, 0.2) is 211 Å². The van der Waals surface area contributed by atoms with Crippen molar-refractivity contribution >= 4 is 75.3 Å². The van der Waals surface area contributed by atoms with Crippen molar-refractivity contribution in [2.24, 2.45) is 0 Å². The minimum Gasteiger partial charge on any atom is -0.455 e. The number of para-hydroxylation sites is 2. The molecule has 4 aromatic heterocycles. The molecule has 0 aliphatic rings. The van der Waals surface area contributed by atoms with Crippen molar-refractivity contribution in [2.45, 2.75) is 0 Å². The predicted molar refractivity (Wildman–Crippen MR) is 262 cm³/mol.